The lowest BCUT2D eigenvalue weighted by Gasteiger charge is -2.34. The highest BCUT2D eigenvalue weighted by molar-refractivity contribution is 9.09. The number of methoxy groups -OCH3 is 1. The number of ether oxygens (including phenoxy) is 1. The van der Waals surface area contributed by atoms with E-state index in [1.165, 1.54) is 12.0 Å². The molecule has 0 bridgehead atoms. The molecule has 0 rings (SSSR count). The SMILES string of the molecule is CCN(C(=O)OC)C(C)(C)C(=O)CBr. The Morgan fingerprint density at radius 2 is 1.93 bits per heavy atom. The molecule has 4 nitrogen and oxygen atoms in total. The predicted molar refractivity (Wildman–Crippen MR) is 57.7 cm³/mol. The van der Waals surface area contributed by atoms with Crippen LogP contribution in [0.25, 0.3) is 0 Å². The van der Waals surface area contributed by atoms with E-state index in [2.05, 4.69) is 20.7 Å². The first-order valence-electron chi connectivity index (χ1n) is 4.36. The van der Waals surface area contributed by atoms with Crippen LogP contribution in [0, 0.1) is 0 Å². The molecule has 0 spiro atoms. The molecule has 0 aromatic heterocycles. The average molecular weight is 266 g/mol. The molecular formula is C9H16BrNO3. The van der Waals surface area contributed by atoms with Crippen LogP contribution in [0.1, 0.15) is 20.8 Å². The largest absolute Gasteiger partial charge is 0.453 e. The van der Waals surface area contributed by atoms with E-state index in [0.717, 1.165) is 0 Å². The standard InChI is InChI=1S/C9H16BrNO3/c1-5-11(8(13)14-4)9(2,3)7(12)6-10/h5-6H2,1-4H3. The van der Waals surface area contributed by atoms with Crippen molar-refractivity contribution in [1.82, 2.24) is 4.90 Å². The zero-order valence-electron chi connectivity index (χ0n) is 8.96. The van der Waals surface area contributed by atoms with Gasteiger partial charge in [-0.15, -0.1) is 0 Å². The number of amides is 1. The lowest BCUT2D eigenvalue weighted by atomic mass is 9.98. The van der Waals surface area contributed by atoms with Crippen LogP contribution in [-0.4, -0.2) is 41.3 Å². The fourth-order valence-corrected chi connectivity index (χ4v) is 1.86. The van der Waals surface area contributed by atoms with Gasteiger partial charge in [0.25, 0.3) is 0 Å². The van der Waals surface area contributed by atoms with E-state index in [-0.39, 0.29) is 11.1 Å². The van der Waals surface area contributed by atoms with E-state index in [4.69, 9.17) is 0 Å². The summed E-state index contributed by atoms with van der Waals surface area (Å²) in [4.78, 5) is 24.3. The van der Waals surface area contributed by atoms with Crippen molar-refractivity contribution in [3.63, 3.8) is 0 Å². The second-order valence-corrected chi connectivity index (χ2v) is 3.89. The summed E-state index contributed by atoms with van der Waals surface area (Å²) >= 11 is 3.09. The Labute approximate surface area is 92.7 Å². The van der Waals surface area contributed by atoms with Gasteiger partial charge in [0.05, 0.1) is 18.0 Å². The Hall–Kier alpha value is -0.580. The molecule has 0 N–H and O–H groups in total. The van der Waals surface area contributed by atoms with Crippen molar-refractivity contribution in [2.24, 2.45) is 0 Å². The number of hydrogen-bond donors (Lipinski definition) is 0. The van der Waals surface area contributed by atoms with Crippen LogP contribution in [0.3, 0.4) is 0 Å². The first kappa shape index (κ1) is 13.4. The summed E-state index contributed by atoms with van der Waals surface area (Å²) in [6.45, 7) is 5.66. The smallest absolute Gasteiger partial charge is 0.410 e. The van der Waals surface area contributed by atoms with Gasteiger partial charge in [-0.25, -0.2) is 4.79 Å². The highest BCUT2D eigenvalue weighted by Crippen LogP contribution is 2.17. The lowest BCUT2D eigenvalue weighted by molar-refractivity contribution is -0.125. The molecule has 0 unspecified atom stereocenters. The number of carbonyl (C=O) groups is 2. The summed E-state index contributed by atoms with van der Waals surface area (Å²) in [5.41, 5.74) is -0.828. The van der Waals surface area contributed by atoms with Crippen LogP contribution in [0.2, 0.25) is 0 Å². The molecule has 0 saturated heterocycles. The molecule has 1 amide bonds. The minimum absolute atomic E-state index is 0.0512. The highest BCUT2D eigenvalue weighted by atomic mass is 79.9. The van der Waals surface area contributed by atoms with Gasteiger partial charge in [-0.1, -0.05) is 15.9 Å². The maximum Gasteiger partial charge on any atom is 0.410 e. The summed E-state index contributed by atoms with van der Waals surface area (Å²) in [5.74, 6) is -0.0512. The van der Waals surface area contributed by atoms with Gasteiger partial charge in [0, 0.05) is 6.54 Å². The van der Waals surface area contributed by atoms with Gasteiger partial charge >= 0.3 is 6.09 Å². The first-order valence-corrected chi connectivity index (χ1v) is 5.48. The van der Waals surface area contributed by atoms with E-state index < -0.39 is 11.6 Å². The second kappa shape index (κ2) is 5.34. The minimum Gasteiger partial charge on any atom is -0.453 e. The van der Waals surface area contributed by atoms with Gasteiger partial charge < -0.3 is 4.74 Å². The van der Waals surface area contributed by atoms with Crippen molar-refractivity contribution >= 4 is 27.8 Å². The zero-order chi connectivity index (χ0) is 11.4. The Morgan fingerprint density at radius 1 is 1.43 bits per heavy atom. The van der Waals surface area contributed by atoms with Crippen LogP contribution >= 0.6 is 15.9 Å². The van der Waals surface area contributed by atoms with Crippen molar-refractivity contribution in [2.45, 2.75) is 26.3 Å². The Balaban J connectivity index is 4.82. The fraction of sp³-hybridized carbons (Fsp3) is 0.778. The number of hydrogen-bond acceptors (Lipinski definition) is 3. The normalized spacial score (nSPS) is 10.9. The zero-order valence-corrected chi connectivity index (χ0v) is 10.6. The second-order valence-electron chi connectivity index (χ2n) is 3.33. The maximum atomic E-state index is 11.6. The molecule has 0 fully saturated rings. The molecule has 0 radical (unpaired) electrons. The number of rotatable bonds is 4. The third-order valence-corrected chi connectivity index (χ3v) is 2.70. The fourth-order valence-electron chi connectivity index (χ4n) is 1.18. The first-order chi connectivity index (χ1) is 6.41. The molecule has 0 aliphatic heterocycles. The third-order valence-electron chi connectivity index (χ3n) is 2.19. The van der Waals surface area contributed by atoms with Crippen molar-refractivity contribution in [1.29, 1.82) is 0 Å². The molecule has 0 saturated carbocycles. The van der Waals surface area contributed by atoms with E-state index in [9.17, 15) is 9.59 Å². The summed E-state index contributed by atoms with van der Waals surface area (Å²) in [7, 11) is 1.31. The molecule has 14 heavy (non-hydrogen) atoms. The maximum absolute atomic E-state index is 11.6. The van der Waals surface area contributed by atoms with Crippen molar-refractivity contribution in [3.8, 4) is 0 Å². The van der Waals surface area contributed by atoms with E-state index in [0.29, 0.717) is 6.54 Å². The molecule has 0 aromatic rings. The Kier molecular flexibility index (Phi) is 5.12. The Bertz CT molecular complexity index is 228. The molecule has 82 valence electrons. The number of carbonyl (C=O) groups excluding carboxylic acids is 2. The average Bonchev–Trinajstić information content (AvgIpc) is 2.16. The summed E-state index contributed by atoms with van der Waals surface area (Å²) in [6, 6.07) is 0. The number of alkyl halides is 1. The third kappa shape index (κ3) is 2.70. The molecule has 0 aromatic carbocycles. The van der Waals surface area contributed by atoms with E-state index >= 15 is 0 Å². The number of Topliss-reactive ketones (excluding diaryl/α,β-unsaturated/α-hetero) is 1. The molecule has 0 atom stereocenters. The number of nitrogens with zero attached hydrogens (tertiary/aromatic N) is 1. The van der Waals surface area contributed by atoms with Gasteiger partial charge in [0.1, 0.15) is 0 Å². The van der Waals surface area contributed by atoms with Gasteiger partial charge in [-0.2, -0.15) is 0 Å². The van der Waals surface area contributed by atoms with Crippen molar-refractivity contribution in [3.05, 3.63) is 0 Å². The topological polar surface area (TPSA) is 46.6 Å². The summed E-state index contributed by atoms with van der Waals surface area (Å²) in [6.07, 6.45) is -0.480. The monoisotopic (exact) mass is 265 g/mol. The van der Waals surface area contributed by atoms with E-state index in [1.807, 2.05) is 0 Å². The summed E-state index contributed by atoms with van der Waals surface area (Å²) in [5, 5.41) is 0.230. The molecule has 0 aliphatic rings. The summed E-state index contributed by atoms with van der Waals surface area (Å²) < 4.78 is 4.60. The quantitative estimate of drug-likeness (QED) is 0.729. The predicted octanol–water partition coefficient (Wildman–Crippen LogP) is 1.82. The minimum atomic E-state index is -0.828. The van der Waals surface area contributed by atoms with Gasteiger partial charge in [-0.3, -0.25) is 9.69 Å². The van der Waals surface area contributed by atoms with Crippen LogP contribution in [0.15, 0.2) is 0 Å². The molecule has 0 aliphatic carbocycles. The number of halogens is 1. The lowest BCUT2D eigenvalue weighted by Crippen LogP contribution is -2.53. The molecule has 0 heterocycles. The van der Waals surface area contributed by atoms with Gasteiger partial charge in [0.15, 0.2) is 5.78 Å². The van der Waals surface area contributed by atoms with Crippen LogP contribution in [-0.2, 0) is 9.53 Å². The highest BCUT2D eigenvalue weighted by Gasteiger charge is 2.36. The van der Waals surface area contributed by atoms with Crippen molar-refractivity contribution < 1.29 is 14.3 Å². The van der Waals surface area contributed by atoms with Crippen LogP contribution < -0.4 is 0 Å². The van der Waals surface area contributed by atoms with Crippen molar-refractivity contribution in [2.75, 3.05) is 19.0 Å². The molecular weight excluding hydrogens is 250 g/mol. The molecule has 5 heteroatoms. The Morgan fingerprint density at radius 3 is 2.21 bits per heavy atom. The van der Waals surface area contributed by atoms with Gasteiger partial charge in [-0.05, 0) is 20.8 Å². The van der Waals surface area contributed by atoms with E-state index in [1.54, 1.807) is 20.8 Å². The van der Waals surface area contributed by atoms with Gasteiger partial charge in [0.2, 0.25) is 0 Å². The number of likely N-dealkylation sites (N-methyl/N-ethyl adjacent to an activating group) is 1. The van der Waals surface area contributed by atoms with Crippen LogP contribution in [0.5, 0.6) is 0 Å². The van der Waals surface area contributed by atoms with Crippen LogP contribution in [0.4, 0.5) is 4.79 Å². The number of ketones is 1.